The molecule has 0 saturated heterocycles. The monoisotopic (exact) mass is 575 g/mol. The molecule has 0 saturated carbocycles. The third-order valence-electron chi connectivity index (χ3n) is 4.79. The summed E-state index contributed by atoms with van der Waals surface area (Å²) in [5.74, 6) is -10.3. The van der Waals surface area contributed by atoms with Crippen molar-refractivity contribution in [1.82, 2.24) is 21.3 Å². The molecule has 4 atom stereocenters. The highest BCUT2D eigenvalue weighted by Gasteiger charge is 2.30. The standard InChI is InChI=1S/C20H33N9O11/c21-8(2-1-3-25-20(23)24)16(36)28-9(4-12(22)30)17(37)26-7-13(31)27-10(5-14(32)33)18(38)29-11(19(39)40)6-15(34)35/h8-11H,1-7,21H2,(H2,22,30)(H,26,37)(H,27,31)(H,28,36)(H,29,38)(H,32,33)(H,34,35)(H,39,40)(H4,23,24,25)/t8-,9-,10-,11-/m0/s1. The van der Waals surface area contributed by atoms with E-state index in [2.05, 4.69) is 15.6 Å². The average molecular weight is 576 g/mol. The number of guanidine groups is 1. The number of carbonyl (C=O) groups excluding carboxylic acids is 5. The molecule has 0 spiro atoms. The largest absolute Gasteiger partial charge is 0.481 e. The third-order valence-corrected chi connectivity index (χ3v) is 4.79. The van der Waals surface area contributed by atoms with E-state index < -0.39 is 97.4 Å². The fourth-order valence-corrected chi connectivity index (χ4v) is 2.91. The zero-order chi connectivity index (χ0) is 31.0. The zero-order valence-corrected chi connectivity index (χ0v) is 21.1. The van der Waals surface area contributed by atoms with Crippen LogP contribution >= 0.6 is 0 Å². The summed E-state index contributed by atoms with van der Waals surface area (Å²) in [6.45, 7) is -0.698. The minimum atomic E-state index is -1.92. The van der Waals surface area contributed by atoms with Crippen LogP contribution in [0.3, 0.4) is 0 Å². The zero-order valence-electron chi connectivity index (χ0n) is 21.1. The molecule has 0 radical (unpaired) electrons. The van der Waals surface area contributed by atoms with E-state index in [4.69, 9.17) is 38.3 Å². The van der Waals surface area contributed by atoms with Gasteiger partial charge in [-0.05, 0) is 12.8 Å². The number of primary amides is 1. The van der Waals surface area contributed by atoms with Gasteiger partial charge in [0.2, 0.25) is 29.5 Å². The Balaban J connectivity index is 5.21. The lowest BCUT2D eigenvalue weighted by Crippen LogP contribution is -2.56. The molecular formula is C20H33N9O11. The minimum absolute atomic E-state index is 0.109. The number of carbonyl (C=O) groups is 8. The Kier molecular flexibility index (Phi) is 15.3. The summed E-state index contributed by atoms with van der Waals surface area (Å²) < 4.78 is 0. The number of carboxylic acid groups (broad SMARTS) is 3. The maximum absolute atomic E-state index is 12.5. The minimum Gasteiger partial charge on any atom is -0.481 e. The Hall–Kier alpha value is -5.01. The van der Waals surface area contributed by atoms with Gasteiger partial charge in [-0.3, -0.25) is 38.6 Å². The third kappa shape index (κ3) is 15.3. The van der Waals surface area contributed by atoms with E-state index in [0.29, 0.717) is 6.42 Å². The number of carboxylic acids is 3. The van der Waals surface area contributed by atoms with Gasteiger partial charge in [-0.25, -0.2) is 4.79 Å². The number of nitrogens with one attached hydrogen (secondary N) is 4. The van der Waals surface area contributed by atoms with Gasteiger partial charge in [0.15, 0.2) is 5.96 Å². The Labute approximate surface area is 226 Å². The van der Waals surface area contributed by atoms with Gasteiger partial charge in [0, 0.05) is 6.54 Å². The van der Waals surface area contributed by atoms with Gasteiger partial charge in [0.05, 0.1) is 31.8 Å². The molecule has 0 aromatic carbocycles. The summed E-state index contributed by atoms with van der Waals surface area (Å²) in [6.07, 6.45) is -2.31. The lowest BCUT2D eigenvalue weighted by Gasteiger charge is -2.21. The number of nitrogens with two attached hydrogens (primary N) is 4. The van der Waals surface area contributed by atoms with Crippen LogP contribution in [0.15, 0.2) is 4.99 Å². The number of aliphatic imine (C=N–C) groups is 1. The normalized spacial score (nSPS) is 13.3. The molecule has 0 aromatic heterocycles. The van der Waals surface area contributed by atoms with Gasteiger partial charge in [0.25, 0.3) is 0 Å². The first-order valence-corrected chi connectivity index (χ1v) is 11.5. The quantitative estimate of drug-likeness (QED) is 0.0388. The topological polar surface area (TPSA) is 362 Å². The molecule has 5 amide bonds. The van der Waals surface area contributed by atoms with Gasteiger partial charge in [-0.2, -0.15) is 0 Å². The number of hydrogen-bond acceptors (Lipinski definition) is 10. The predicted molar refractivity (Wildman–Crippen MR) is 133 cm³/mol. The fraction of sp³-hybridized carbons (Fsp3) is 0.550. The maximum Gasteiger partial charge on any atom is 0.326 e. The number of aliphatic carboxylic acids is 3. The van der Waals surface area contributed by atoms with E-state index in [9.17, 15) is 38.4 Å². The highest BCUT2D eigenvalue weighted by molar-refractivity contribution is 5.96. The number of hydrogen-bond donors (Lipinski definition) is 11. The predicted octanol–water partition coefficient (Wildman–Crippen LogP) is -6.15. The van der Waals surface area contributed by atoms with Crippen molar-refractivity contribution in [3.05, 3.63) is 0 Å². The summed E-state index contributed by atoms with van der Waals surface area (Å²) in [6, 6.07) is -6.44. The van der Waals surface area contributed by atoms with Crippen LogP contribution in [0.2, 0.25) is 0 Å². The van der Waals surface area contributed by atoms with E-state index in [0.717, 1.165) is 0 Å². The molecule has 224 valence electrons. The van der Waals surface area contributed by atoms with Crippen molar-refractivity contribution < 1.29 is 53.7 Å². The van der Waals surface area contributed by atoms with Crippen molar-refractivity contribution in [3.63, 3.8) is 0 Å². The second-order valence-corrected chi connectivity index (χ2v) is 8.22. The summed E-state index contributed by atoms with van der Waals surface area (Å²) in [5.41, 5.74) is 21.2. The molecule has 0 unspecified atom stereocenters. The van der Waals surface area contributed by atoms with Crippen LogP contribution < -0.4 is 44.2 Å². The molecule has 15 N–H and O–H groups in total. The summed E-state index contributed by atoms with van der Waals surface area (Å²) in [5, 5.41) is 34.8. The van der Waals surface area contributed by atoms with Crippen LogP contribution in [0.5, 0.6) is 0 Å². The lowest BCUT2D eigenvalue weighted by atomic mass is 10.1. The SMILES string of the molecule is NC(=O)C[C@H](NC(=O)[C@@H](N)CCCN=C(N)N)C(=O)NCC(=O)N[C@@H](CC(=O)O)C(=O)N[C@@H](CC(=O)O)C(=O)O. The second-order valence-electron chi connectivity index (χ2n) is 8.22. The van der Waals surface area contributed by atoms with Gasteiger partial charge < -0.3 is 59.5 Å². The lowest BCUT2D eigenvalue weighted by molar-refractivity contribution is -0.148. The first-order valence-electron chi connectivity index (χ1n) is 11.5. The number of nitrogens with zero attached hydrogens (tertiary/aromatic N) is 1. The smallest absolute Gasteiger partial charge is 0.326 e. The number of rotatable bonds is 19. The molecule has 20 nitrogen and oxygen atoms in total. The molecule has 0 fully saturated rings. The van der Waals surface area contributed by atoms with Crippen LogP contribution in [0, 0.1) is 0 Å². The number of amides is 5. The molecule has 0 aliphatic carbocycles. The molecule has 0 bridgehead atoms. The van der Waals surface area contributed by atoms with Crippen molar-refractivity contribution in [2.75, 3.05) is 13.1 Å². The van der Waals surface area contributed by atoms with Gasteiger partial charge >= 0.3 is 17.9 Å². The van der Waals surface area contributed by atoms with Crippen molar-refractivity contribution >= 4 is 53.4 Å². The highest BCUT2D eigenvalue weighted by atomic mass is 16.4. The van der Waals surface area contributed by atoms with Gasteiger partial charge in [0.1, 0.15) is 18.1 Å². The molecule has 20 heteroatoms. The van der Waals surface area contributed by atoms with Crippen molar-refractivity contribution in [3.8, 4) is 0 Å². The van der Waals surface area contributed by atoms with Crippen molar-refractivity contribution in [2.45, 2.75) is 56.3 Å². The molecule has 0 aliphatic rings. The summed E-state index contributed by atoms with van der Waals surface area (Å²) in [7, 11) is 0. The van der Waals surface area contributed by atoms with Gasteiger partial charge in [-0.15, -0.1) is 0 Å². The maximum atomic E-state index is 12.5. The summed E-state index contributed by atoms with van der Waals surface area (Å²) in [4.78, 5) is 97.5. The van der Waals surface area contributed by atoms with E-state index in [-0.39, 0.29) is 18.9 Å². The highest BCUT2D eigenvalue weighted by Crippen LogP contribution is 2.00. The first kappa shape index (κ1) is 35.0. The Morgan fingerprint density at radius 2 is 1.23 bits per heavy atom. The van der Waals surface area contributed by atoms with Crippen LogP contribution in [0.1, 0.15) is 32.1 Å². The Morgan fingerprint density at radius 3 is 1.73 bits per heavy atom. The Morgan fingerprint density at radius 1 is 0.700 bits per heavy atom. The van der Waals surface area contributed by atoms with Crippen LogP contribution in [0.25, 0.3) is 0 Å². The van der Waals surface area contributed by atoms with Crippen LogP contribution in [-0.2, 0) is 38.4 Å². The van der Waals surface area contributed by atoms with E-state index in [1.165, 1.54) is 0 Å². The molecule has 0 aliphatic heterocycles. The molecule has 0 heterocycles. The molecule has 0 aromatic rings. The average Bonchev–Trinajstić information content (AvgIpc) is 2.82. The van der Waals surface area contributed by atoms with Gasteiger partial charge in [-0.1, -0.05) is 0 Å². The van der Waals surface area contributed by atoms with Crippen molar-refractivity contribution in [1.29, 1.82) is 0 Å². The van der Waals surface area contributed by atoms with Crippen LogP contribution in [-0.4, -0.2) is 106 Å². The first-order chi connectivity index (χ1) is 18.5. The van der Waals surface area contributed by atoms with E-state index in [1.54, 1.807) is 5.32 Å². The second kappa shape index (κ2) is 17.5. The Bertz CT molecular complexity index is 1010. The van der Waals surface area contributed by atoms with Crippen LogP contribution in [0.4, 0.5) is 0 Å². The molecule has 0 rings (SSSR count). The molecular weight excluding hydrogens is 542 g/mol. The van der Waals surface area contributed by atoms with E-state index in [1.807, 2.05) is 5.32 Å². The molecule has 40 heavy (non-hydrogen) atoms. The van der Waals surface area contributed by atoms with E-state index >= 15 is 0 Å². The van der Waals surface area contributed by atoms with Crippen molar-refractivity contribution in [2.24, 2.45) is 27.9 Å². The fourth-order valence-electron chi connectivity index (χ4n) is 2.91. The summed E-state index contributed by atoms with van der Waals surface area (Å²) >= 11 is 0.